The number of ether oxygens (including phenoxy) is 1. The van der Waals surface area contributed by atoms with Gasteiger partial charge in [-0.15, -0.1) is 0 Å². The largest absolute Gasteiger partial charge is 0.378 e. The SMILES string of the molecule is c1ccc2ncc(-c3nc4ccc(N5CCOCC5)cc4[nH]3)cc2c1. The summed E-state index contributed by atoms with van der Waals surface area (Å²) in [6.45, 7) is 3.44. The van der Waals surface area contributed by atoms with Crippen molar-refractivity contribution in [2.24, 2.45) is 0 Å². The van der Waals surface area contributed by atoms with Crippen LogP contribution in [0.3, 0.4) is 0 Å². The lowest BCUT2D eigenvalue weighted by Gasteiger charge is -2.28. The third-order valence-electron chi connectivity index (χ3n) is 4.71. The van der Waals surface area contributed by atoms with Crippen LogP contribution >= 0.6 is 0 Å². The summed E-state index contributed by atoms with van der Waals surface area (Å²) in [6.07, 6.45) is 1.88. The molecule has 0 aliphatic carbocycles. The Morgan fingerprint density at radius 1 is 0.960 bits per heavy atom. The fourth-order valence-electron chi connectivity index (χ4n) is 3.35. The number of aromatic nitrogens is 3. The Morgan fingerprint density at radius 2 is 1.84 bits per heavy atom. The van der Waals surface area contributed by atoms with Crippen molar-refractivity contribution in [1.29, 1.82) is 0 Å². The molecule has 5 heteroatoms. The monoisotopic (exact) mass is 330 g/mol. The summed E-state index contributed by atoms with van der Waals surface area (Å²) in [6, 6.07) is 16.6. The number of H-pyrrole nitrogens is 1. The second-order valence-electron chi connectivity index (χ2n) is 6.30. The number of nitrogens with zero attached hydrogens (tertiary/aromatic N) is 3. The van der Waals surface area contributed by atoms with E-state index in [4.69, 9.17) is 9.72 Å². The molecule has 1 N–H and O–H groups in total. The molecular weight excluding hydrogens is 312 g/mol. The number of benzene rings is 2. The average molecular weight is 330 g/mol. The highest BCUT2D eigenvalue weighted by Crippen LogP contribution is 2.26. The molecule has 0 amide bonds. The fourth-order valence-corrected chi connectivity index (χ4v) is 3.35. The number of aromatic amines is 1. The number of fused-ring (bicyclic) bond motifs is 2. The number of pyridine rings is 1. The third-order valence-corrected chi connectivity index (χ3v) is 4.71. The van der Waals surface area contributed by atoms with Crippen molar-refractivity contribution in [2.45, 2.75) is 0 Å². The van der Waals surface area contributed by atoms with Crippen LogP contribution in [-0.2, 0) is 4.74 Å². The third kappa shape index (κ3) is 2.62. The van der Waals surface area contributed by atoms with E-state index in [-0.39, 0.29) is 0 Å². The van der Waals surface area contributed by atoms with Crippen LogP contribution in [0.25, 0.3) is 33.3 Å². The molecule has 3 heterocycles. The van der Waals surface area contributed by atoms with Crippen LogP contribution in [0.4, 0.5) is 5.69 Å². The van der Waals surface area contributed by atoms with Crippen molar-refractivity contribution in [3.05, 3.63) is 54.7 Å². The lowest BCUT2D eigenvalue weighted by Crippen LogP contribution is -2.36. The van der Waals surface area contributed by atoms with Crippen LogP contribution in [0.1, 0.15) is 0 Å². The Morgan fingerprint density at radius 3 is 2.76 bits per heavy atom. The number of anilines is 1. The van der Waals surface area contributed by atoms with Crippen LogP contribution in [0, 0.1) is 0 Å². The molecule has 124 valence electrons. The molecule has 5 rings (SSSR count). The van der Waals surface area contributed by atoms with Gasteiger partial charge in [-0.25, -0.2) is 4.98 Å². The van der Waals surface area contributed by atoms with Gasteiger partial charge in [-0.05, 0) is 30.3 Å². The molecule has 5 nitrogen and oxygen atoms in total. The number of para-hydroxylation sites is 1. The van der Waals surface area contributed by atoms with E-state index in [2.05, 4.69) is 45.2 Å². The van der Waals surface area contributed by atoms with Gasteiger partial charge in [-0.1, -0.05) is 18.2 Å². The maximum Gasteiger partial charge on any atom is 0.140 e. The first-order valence-electron chi connectivity index (χ1n) is 8.54. The Labute approximate surface area is 145 Å². The second-order valence-corrected chi connectivity index (χ2v) is 6.30. The molecule has 0 atom stereocenters. The van der Waals surface area contributed by atoms with Gasteiger partial charge in [0.15, 0.2) is 0 Å². The Bertz CT molecular complexity index is 1050. The van der Waals surface area contributed by atoms with E-state index >= 15 is 0 Å². The highest BCUT2D eigenvalue weighted by Gasteiger charge is 2.13. The number of hydrogen-bond acceptors (Lipinski definition) is 4. The summed E-state index contributed by atoms with van der Waals surface area (Å²) in [5, 5.41) is 1.12. The summed E-state index contributed by atoms with van der Waals surface area (Å²) in [5.41, 5.74) is 5.23. The van der Waals surface area contributed by atoms with Gasteiger partial charge < -0.3 is 14.6 Å². The summed E-state index contributed by atoms with van der Waals surface area (Å²) >= 11 is 0. The Kier molecular flexibility index (Phi) is 3.38. The minimum atomic E-state index is 0.787. The minimum absolute atomic E-state index is 0.787. The van der Waals surface area contributed by atoms with Gasteiger partial charge >= 0.3 is 0 Å². The Balaban J connectivity index is 1.54. The van der Waals surface area contributed by atoms with Gasteiger partial charge in [-0.2, -0.15) is 0 Å². The van der Waals surface area contributed by atoms with Crippen LogP contribution in [0.5, 0.6) is 0 Å². The highest BCUT2D eigenvalue weighted by molar-refractivity contribution is 5.86. The number of nitrogens with one attached hydrogen (secondary N) is 1. The van der Waals surface area contributed by atoms with Crippen molar-refractivity contribution in [2.75, 3.05) is 31.2 Å². The van der Waals surface area contributed by atoms with E-state index in [0.29, 0.717) is 0 Å². The lowest BCUT2D eigenvalue weighted by atomic mass is 10.1. The quantitative estimate of drug-likeness (QED) is 0.610. The summed E-state index contributed by atoms with van der Waals surface area (Å²) in [7, 11) is 0. The number of rotatable bonds is 2. The summed E-state index contributed by atoms with van der Waals surface area (Å²) in [5.74, 6) is 0.854. The van der Waals surface area contributed by atoms with Gasteiger partial charge in [-0.3, -0.25) is 4.98 Å². The topological polar surface area (TPSA) is 54.0 Å². The van der Waals surface area contributed by atoms with Crippen molar-refractivity contribution in [3.63, 3.8) is 0 Å². The first-order valence-corrected chi connectivity index (χ1v) is 8.54. The minimum Gasteiger partial charge on any atom is -0.378 e. The van der Waals surface area contributed by atoms with Crippen molar-refractivity contribution >= 4 is 27.6 Å². The first kappa shape index (κ1) is 14.4. The predicted octanol–water partition coefficient (Wildman–Crippen LogP) is 3.61. The van der Waals surface area contributed by atoms with Gasteiger partial charge in [0.05, 0.1) is 29.8 Å². The summed E-state index contributed by atoms with van der Waals surface area (Å²) < 4.78 is 5.44. The second kappa shape index (κ2) is 5.86. The molecule has 1 aliphatic rings. The molecule has 0 unspecified atom stereocenters. The molecule has 25 heavy (non-hydrogen) atoms. The molecule has 2 aromatic heterocycles. The number of hydrogen-bond donors (Lipinski definition) is 1. The molecule has 2 aromatic carbocycles. The zero-order valence-corrected chi connectivity index (χ0v) is 13.8. The van der Waals surface area contributed by atoms with Crippen molar-refractivity contribution in [1.82, 2.24) is 15.0 Å². The molecule has 1 saturated heterocycles. The Hall–Kier alpha value is -2.92. The van der Waals surface area contributed by atoms with Crippen LogP contribution in [0.15, 0.2) is 54.7 Å². The van der Waals surface area contributed by atoms with E-state index in [1.165, 1.54) is 5.69 Å². The number of morpholine rings is 1. The van der Waals surface area contributed by atoms with Gasteiger partial charge in [0.2, 0.25) is 0 Å². The summed E-state index contributed by atoms with van der Waals surface area (Å²) in [4.78, 5) is 15.1. The first-order chi connectivity index (χ1) is 12.4. The highest BCUT2D eigenvalue weighted by atomic mass is 16.5. The van der Waals surface area contributed by atoms with Crippen LogP contribution in [0.2, 0.25) is 0 Å². The van der Waals surface area contributed by atoms with E-state index in [0.717, 1.165) is 59.6 Å². The molecule has 4 aromatic rings. The standard InChI is InChI=1S/C20H18N4O/c1-2-4-17-14(3-1)11-15(13-21-17)20-22-18-6-5-16(12-19(18)23-20)24-7-9-25-10-8-24/h1-6,11-13H,7-10H2,(H,22,23). The van der Waals surface area contributed by atoms with Gasteiger partial charge in [0.1, 0.15) is 5.82 Å². The maximum absolute atomic E-state index is 5.44. The maximum atomic E-state index is 5.44. The zero-order valence-electron chi connectivity index (χ0n) is 13.8. The normalized spacial score (nSPS) is 15.1. The predicted molar refractivity (Wildman–Crippen MR) is 99.9 cm³/mol. The lowest BCUT2D eigenvalue weighted by molar-refractivity contribution is 0.122. The van der Waals surface area contributed by atoms with Crippen molar-refractivity contribution < 1.29 is 4.74 Å². The smallest absolute Gasteiger partial charge is 0.140 e. The molecule has 0 saturated carbocycles. The fraction of sp³-hybridized carbons (Fsp3) is 0.200. The molecule has 0 spiro atoms. The average Bonchev–Trinajstić information content (AvgIpc) is 3.11. The molecule has 0 bridgehead atoms. The molecular formula is C20H18N4O. The van der Waals surface area contributed by atoms with Gasteiger partial charge in [0.25, 0.3) is 0 Å². The number of imidazole rings is 1. The van der Waals surface area contributed by atoms with E-state index in [9.17, 15) is 0 Å². The molecule has 1 fully saturated rings. The van der Waals surface area contributed by atoms with Crippen molar-refractivity contribution in [3.8, 4) is 11.4 Å². The van der Waals surface area contributed by atoms with Crippen LogP contribution < -0.4 is 4.90 Å². The van der Waals surface area contributed by atoms with E-state index in [1.54, 1.807) is 0 Å². The van der Waals surface area contributed by atoms with E-state index in [1.807, 2.05) is 24.4 Å². The van der Waals surface area contributed by atoms with Gasteiger partial charge in [0, 0.05) is 35.9 Å². The molecule has 1 aliphatic heterocycles. The zero-order chi connectivity index (χ0) is 16.6. The van der Waals surface area contributed by atoms with E-state index < -0.39 is 0 Å². The molecule has 0 radical (unpaired) electrons. The van der Waals surface area contributed by atoms with Crippen LogP contribution in [-0.4, -0.2) is 41.3 Å².